The molecule has 5 heteroatoms. The van der Waals surface area contributed by atoms with Crippen LogP contribution >= 0.6 is 0 Å². The molecule has 0 saturated carbocycles. The van der Waals surface area contributed by atoms with Crippen LogP contribution in [0.1, 0.15) is 29.7 Å². The molecular weight excluding hydrogens is 232 g/mol. The Bertz CT molecular complexity index is 562. The van der Waals surface area contributed by atoms with Crippen LogP contribution in [-0.2, 0) is 4.74 Å². The van der Waals surface area contributed by atoms with Gasteiger partial charge in [-0.3, -0.25) is 0 Å². The molecule has 96 valence electrons. The topological polar surface area (TPSA) is 64.4 Å². The minimum Gasteiger partial charge on any atom is -0.478 e. The summed E-state index contributed by atoms with van der Waals surface area (Å²) in [5.74, 6) is -0.926. The molecule has 1 heterocycles. The van der Waals surface area contributed by atoms with Crippen LogP contribution < -0.4 is 0 Å². The van der Waals surface area contributed by atoms with Gasteiger partial charge in [-0.25, -0.2) is 9.78 Å². The summed E-state index contributed by atoms with van der Waals surface area (Å²) in [6.45, 7) is 2.65. The van der Waals surface area contributed by atoms with Crippen molar-refractivity contribution in [2.24, 2.45) is 0 Å². The van der Waals surface area contributed by atoms with Crippen molar-refractivity contribution in [3.8, 4) is 0 Å². The Labute approximate surface area is 105 Å². The van der Waals surface area contributed by atoms with Crippen molar-refractivity contribution < 1.29 is 14.6 Å². The number of imidazole rings is 1. The number of methoxy groups -OCH3 is 1. The number of aromatic nitrogens is 2. The Morgan fingerprint density at radius 3 is 2.94 bits per heavy atom. The van der Waals surface area contributed by atoms with Crippen LogP contribution in [0.3, 0.4) is 0 Å². The number of hydrogen-bond acceptors (Lipinski definition) is 3. The predicted molar refractivity (Wildman–Crippen MR) is 67.9 cm³/mol. The van der Waals surface area contributed by atoms with Gasteiger partial charge in [-0.15, -0.1) is 0 Å². The number of carbonyl (C=O) groups is 1. The van der Waals surface area contributed by atoms with Crippen molar-refractivity contribution in [2.75, 3.05) is 13.7 Å². The minimum absolute atomic E-state index is 0.170. The molecule has 18 heavy (non-hydrogen) atoms. The van der Waals surface area contributed by atoms with Crippen molar-refractivity contribution in [2.45, 2.75) is 19.4 Å². The van der Waals surface area contributed by atoms with E-state index < -0.39 is 5.97 Å². The molecule has 1 unspecified atom stereocenters. The van der Waals surface area contributed by atoms with E-state index in [1.165, 1.54) is 0 Å². The number of benzene rings is 1. The highest BCUT2D eigenvalue weighted by Crippen LogP contribution is 2.21. The summed E-state index contributed by atoms with van der Waals surface area (Å²) in [6, 6.07) is 5.13. The number of nitrogens with zero attached hydrogens (tertiary/aromatic N) is 2. The minimum atomic E-state index is -0.926. The van der Waals surface area contributed by atoms with Crippen LogP contribution in [0, 0.1) is 0 Å². The molecule has 0 saturated heterocycles. The Morgan fingerprint density at radius 2 is 2.33 bits per heavy atom. The van der Waals surface area contributed by atoms with Gasteiger partial charge in [-0.05, 0) is 24.6 Å². The summed E-state index contributed by atoms with van der Waals surface area (Å²) in [5.41, 5.74) is 1.91. The number of ether oxygens (including phenoxy) is 1. The summed E-state index contributed by atoms with van der Waals surface area (Å²) in [6.07, 6.45) is 2.64. The SMILES string of the molecule is CCC(COC)n1cnc2ccc(C(=O)O)cc21. The average molecular weight is 248 g/mol. The highest BCUT2D eigenvalue weighted by Gasteiger charge is 2.13. The van der Waals surface area contributed by atoms with E-state index in [2.05, 4.69) is 11.9 Å². The van der Waals surface area contributed by atoms with Gasteiger partial charge in [-0.1, -0.05) is 6.92 Å². The first kappa shape index (κ1) is 12.6. The normalized spacial score (nSPS) is 12.8. The molecule has 0 aliphatic carbocycles. The molecule has 0 radical (unpaired) electrons. The molecule has 5 nitrogen and oxygen atoms in total. The standard InChI is InChI=1S/C13H16N2O3/c1-3-10(7-18-2)15-8-14-11-5-4-9(13(16)17)6-12(11)15/h4-6,8,10H,3,7H2,1-2H3,(H,16,17). The molecule has 0 aliphatic heterocycles. The molecule has 1 aromatic carbocycles. The largest absolute Gasteiger partial charge is 0.478 e. The lowest BCUT2D eigenvalue weighted by Crippen LogP contribution is -2.13. The van der Waals surface area contributed by atoms with Gasteiger partial charge in [0.1, 0.15) is 0 Å². The number of rotatable bonds is 5. The third-order valence-corrected chi connectivity index (χ3v) is 3.05. The number of hydrogen-bond donors (Lipinski definition) is 1. The molecule has 2 rings (SSSR count). The average Bonchev–Trinajstić information content (AvgIpc) is 2.78. The highest BCUT2D eigenvalue weighted by atomic mass is 16.5. The van der Waals surface area contributed by atoms with Crippen LogP contribution in [-0.4, -0.2) is 34.3 Å². The number of aromatic carboxylic acids is 1. The lowest BCUT2D eigenvalue weighted by molar-refractivity contribution is 0.0697. The maximum absolute atomic E-state index is 11.0. The van der Waals surface area contributed by atoms with Crippen LogP contribution in [0.4, 0.5) is 0 Å². The van der Waals surface area contributed by atoms with Crippen LogP contribution in [0.15, 0.2) is 24.5 Å². The van der Waals surface area contributed by atoms with E-state index in [-0.39, 0.29) is 11.6 Å². The first-order valence-electron chi connectivity index (χ1n) is 5.86. The maximum atomic E-state index is 11.0. The van der Waals surface area contributed by atoms with E-state index >= 15 is 0 Å². The van der Waals surface area contributed by atoms with E-state index in [0.29, 0.717) is 6.61 Å². The van der Waals surface area contributed by atoms with Gasteiger partial charge in [0.15, 0.2) is 0 Å². The third-order valence-electron chi connectivity index (χ3n) is 3.05. The summed E-state index contributed by atoms with van der Waals surface area (Å²) in [7, 11) is 1.66. The van der Waals surface area contributed by atoms with Crippen molar-refractivity contribution in [1.82, 2.24) is 9.55 Å². The van der Waals surface area contributed by atoms with Gasteiger partial charge < -0.3 is 14.4 Å². The third kappa shape index (κ3) is 2.22. The summed E-state index contributed by atoms with van der Waals surface area (Å²) < 4.78 is 7.16. The molecule has 0 amide bonds. The van der Waals surface area contributed by atoms with E-state index in [4.69, 9.17) is 9.84 Å². The second-order valence-electron chi connectivity index (χ2n) is 4.18. The van der Waals surface area contributed by atoms with Crippen molar-refractivity contribution in [3.63, 3.8) is 0 Å². The molecule has 0 spiro atoms. The van der Waals surface area contributed by atoms with Crippen LogP contribution in [0.25, 0.3) is 11.0 Å². The Morgan fingerprint density at radius 1 is 1.56 bits per heavy atom. The number of carboxylic acids is 1. The second kappa shape index (κ2) is 5.18. The fourth-order valence-electron chi connectivity index (χ4n) is 2.04. The first-order chi connectivity index (χ1) is 8.67. The van der Waals surface area contributed by atoms with Gasteiger partial charge in [0.25, 0.3) is 0 Å². The summed E-state index contributed by atoms with van der Waals surface area (Å²) in [5, 5.41) is 9.02. The van der Waals surface area contributed by atoms with E-state index in [0.717, 1.165) is 17.5 Å². The molecule has 0 fully saturated rings. The smallest absolute Gasteiger partial charge is 0.335 e. The second-order valence-corrected chi connectivity index (χ2v) is 4.18. The number of carboxylic acid groups (broad SMARTS) is 1. The quantitative estimate of drug-likeness (QED) is 0.882. The molecule has 2 aromatic rings. The lowest BCUT2D eigenvalue weighted by atomic mass is 10.2. The predicted octanol–water partition coefficient (Wildman–Crippen LogP) is 2.33. The molecule has 1 atom stereocenters. The van der Waals surface area contributed by atoms with Crippen molar-refractivity contribution in [1.29, 1.82) is 0 Å². The van der Waals surface area contributed by atoms with Gasteiger partial charge in [0.2, 0.25) is 0 Å². The van der Waals surface area contributed by atoms with E-state index in [1.54, 1.807) is 31.6 Å². The lowest BCUT2D eigenvalue weighted by Gasteiger charge is -2.16. The van der Waals surface area contributed by atoms with Gasteiger partial charge >= 0.3 is 5.97 Å². The molecular formula is C13H16N2O3. The first-order valence-corrected chi connectivity index (χ1v) is 5.86. The van der Waals surface area contributed by atoms with E-state index in [9.17, 15) is 4.79 Å². The molecule has 1 N–H and O–H groups in total. The van der Waals surface area contributed by atoms with E-state index in [1.807, 2.05) is 4.57 Å². The maximum Gasteiger partial charge on any atom is 0.335 e. The van der Waals surface area contributed by atoms with Gasteiger partial charge in [-0.2, -0.15) is 0 Å². The van der Waals surface area contributed by atoms with Crippen LogP contribution in [0.2, 0.25) is 0 Å². The Kier molecular flexibility index (Phi) is 3.62. The fourth-order valence-corrected chi connectivity index (χ4v) is 2.04. The van der Waals surface area contributed by atoms with Crippen LogP contribution in [0.5, 0.6) is 0 Å². The Hall–Kier alpha value is -1.88. The van der Waals surface area contributed by atoms with Crippen molar-refractivity contribution in [3.05, 3.63) is 30.1 Å². The summed E-state index contributed by atoms with van der Waals surface area (Å²) >= 11 is 0. The fraction of sp³-hybridized carbons (Fsp3) is 0.385. The Balaban J connectivity index is 2.50. The molecule has 0 bridgehead atoms. The highest BCUT2D eigenvalue weighted by molar-refractivity contribution is 5.92. The molecule has 0 aliphatic rings. The van der Waals surface area contributed by atoms with Gasteiger partial charge in [0.05, 0.1) is 35.6 Å². The van der Waals surface area contributed by atoms with Crippen molar-refractivity contribution >= 4 is 17.0 Å². The summed E-state index contributed by atoms with van der Waals surface area (Å²) in [4.78, 5) is 15.3. The van der Waals surface area contributed by atoms with Gasteiger partial charge in [0, 0.05) is 7.11 Å². The molecule has 1 aromatic heterocycles. The zero-order chi connectivity index (χ0) is 13.1. The zero-order valence-corrected chi connectivity index (χ0v) is 10.5. The number of fused-ring (bicyclic) bond motifs is 1. The monoisotopic (exact) mass is 248 g/mol. The zero-order valence-electron chi connectivity index (χ0n) is 10.5.